The van der Waals surface area contributed by atoms with Crippen LogP contribution >= 0.6 is 27.3 Å². The van der Waals surface area contributed by atoms with Crippen molar-refractivity contribution < 1.29 is 4.79 Å². The van der Waals surface area contributed by atoms with Crippen molar-refractivity contribution in [3.05, 3.63) is 33.4 Å². The Hall–Kier alpha value is -1.47. The van der Waals surface area contributed by atoms with E-state index in [0.29, 0.717) is 22.4 Å². The van der Waals surface area contributed by atoms with Crippen LogP contribution in [0.1, 0.15) is 28.7 Å². The smallest absolute Gasteiger partial charge is 0.263 e. The molecule has 1 amide bonds. The highest BCUT2D eigenvalue weighted by atomic mass is 79.9. The van der Waals surface area contributed by atoms with E-state index in [1.165, 1.54) is 11.3 Å². The molecular formula is C13H15BrN4OS. The molecule has 5 nitrogen and oxygen atoms in total. The van der Waals surface area contributed by atoms with Crippen LogP contribution in [0.2, 0.25) is 0 Å². The fourth-order valence-electron chi connectivity index (χ4n) is 1.54. The number of hydrogen-bond acceptors (Lipinski definition) is 5. The quantitative estimate of drug-likeness (QED) is 0.862. The number of aromatic nitrogens is 2. The van der Waals surface area contributed by atoms with Crippen LogP contribution < -0.4 is 10.6 Å². The number of hydrogen-bond donors (Lipinski definition) is 2. The second kappa shape index (κ2) is 6.81. The average molecular weight is 355 g/mol. The van der Waals surface area contributed by atoms with E-state index in [9.17, 15) is 4.79 Å². The molecule has 0 aliphatic rings. The van der Waals surface area contributed by atoms with Gasteiger partial charge >= 0.3 is 0 Å². The molecule has 2 aromatic heterocycles. The molecule has 0 fully saturated rings. The van der Waals surface area contributed by atoms with Crippen molar-refractivity contribution in [2.24, 2.45) is 0 Å². The van der Waals surface area contributed by atoms with Crippen LogP contribution in [0, 0.1) is 6.92 Å². The molecular weight excluding hydrogens is 340 g/mol. The highest BCUT2D eigenvalue weighted by molar-refractivity contribution is 9.10. The number of thiazole rings is 1. The molecule has 0 aromatic carbocycles. The van der Waals surface area contributed by atoms with Crippen molar-refractivity contribution in [1.29, 1.82) is 0 Å². The van der Waals surface area contributed by atoms with Crippen LogP contribution in [0.3, 0.4) is 0 Å². The van der Waals surface area contributed by atoms with Gasteiger partial charge in [-0.3, -0.25) is 4.79 Å². The molecule has 2 heterocycles. The van der Waals surface area contributed by atoms with Crippen LogP contribution in [-0.4, -0.2) is 22.4 Å². The van der Waals surface area contributed by atoms with Gasteiger partial charge in [-0.2, -0.15) is 0 Å². The Labute approximate surface area is 130 Å². The first kappa shape index (κ1) is 14.9. The van der Waals surface area contributed by atoms with Gasteiger partial charge in [-0.25, -0.2) is 9.97 Å². The summed E-state index contributed by atoms with van der Waals surface area (Å²) in [4.78, 5) is 21.1. The molecule has 2 N–H and O–H groups in total. The van der Waals surface area contributed by atoms with E-state index < -0.39 is 0 Å². The van der Waals surface area contributed by atoms with E-state index in [4.69, 9.17) is 0 Å². The van der Waals surface area contributed by atoms with Gasteiger partial charge in [0.05, 0.1) is 5.69 Å². The number of amides is 1. The van der Waals surface area contributed by atoms with Gasteiger partial charge in [-0.1, -0.05) is 18.3 Å². The zero-order valence-corrected chi connectivity index (χ0v) is 13.6. The van der Waals surface area contributed by atoms with Crippen molar-refractivity contribution in [3.63, 3.8) is 0 Å². The topological polar surface area (TPSA) is 66.9 Å². The molecule has 0 spiro atoms. The van der Waals surface area contributed by atoms with Gasteiger partial charge < -0.3 is 10.6 Å². The molecule has 7 heteroatoms. The molecule has 0 saturated carbocycles. The first-order valence-corrected chi connectivity index (χ1v) is 7.85. The van der Waals surface area contributed by atoms with E-state index in [1.807, 2.05) is 26.0 Å². The number of halogens is 1. The number of carbonyl (C=O) groups excluding carboxylic acids is 1. The molecule has 2 rings (SSSR count). The van der Waals surface area contributed by atoms with E-state index in [1.54, 1.807) is 6.20 Å². The zero-order chi connectivity index (χ0) is 14.5. The summed E-state index contributed by atoms with van der Waals surface area (Å²) < 4.78 is 0.915. The van der Waals surface area contributed by atoms with Crippen LogP contribution in [0.4, 0.5) is 10.9 Å². The van der Waals surface area contributed by atoms with Gasteiger partial charge in [0.2, 0.25) is 0 Å². The molecule has 0 unspecified atom stereocenters. The Kier molecular flexibility index (Phi) is 5.08. The van der Waals surface area contributed by atoms with E-state index in [-0.39, 0.29) is 5.91 Å². The largest absolute Gasteiger partial charge is 0.351 e. The van der Waals surface area contributed by atoms with Gasteiger partial charge in [-0.15, -0.1) is 0 Å². The summed E-state index contributed by atoms with van der Waals surface area (Å²) in [7, 11) is 0. The highest BCUT2D eigenvalue weighted by Crippen LogP contribution is 2.25. The predicted molar refractivity (Wildman–Crippen MR) is 84.7 cm³/mol. The highest BCUT2D eigenvalue weighted by Gasteiger charge is 2.14. The Morgan fingerprint density at radius 2 is 2.25 bits per heavy atom. The monoisotopic (exact) mass is 354 g/mol. The molecule has 2 aromatic rings. The lowest BCUT2D eigenvalue weighted by Gasteiger charge is -2.01. The van der Waals surface area contributed by atoms with Crippen LogP contribution in [0.5, 0.6) is 0 Å². The maximum atomic E-state index is 11.9. The summed E-state index contributed by atoms with van der Waals surface area (Å²) in [6.07, 6.45) is 2.62. The molecule has 0 aliphatic carbocycles. The minimum atomic E-state index is -0.0707. The second-order valence-electron chi connectivity index (χ2n) is 4.18. The summed E-state index contributed by atoms with van der Waals surface area (Å²) in [6.45, 7) is 4.52. The Morgan fingerprint density at radius 1 is 1.45 bits per heavy atom. The fraction of sp³-hybridized carbons (Fsp3) is 0.308. The number of rotatable bonds is 5. The molecule has 0 saturated heterocycles. The number of anilines is 2. The first-order chi connectivity index (χ1) is 9.60. The molecule has 0 aliphatic heterocycles. The molecule has 0 bridgehead atoms. The van der Waals surface area contributed by atoms with Gasteiger partial charge in [-0.05, 0) is 41.4 Å². The summed E-state index contributed by atoms with van der Waals surface area (Å²) in [5.74, 6) is 0.626. The van der Waals surface area contributed by atoms with Crippen LogP contribution in [-0.2, 0) is 0 Å². The van der Waals surface area contributed by atoms with Crippen molar-refractivity contribution in [2.75, 3.05) is 11.9 Å². The van der Waals surface area contributed by atoms with Crippen molar-refractivity contribution in [2.45, 2.75) is 20.3 Å². The number of nitrogens with zero attached hydrogens (tertiary/aromatic N) is 2. The summed E-state index contributed by atoms with van der Waals surface area (Å²) in [5, 5.41) is 6.62. The molecule has 106 valence electrons. The second-order valence-corrected chi connectivity index (χ2v) is 6.09. The minimum Gasteiger partial charge on any atom is -0.351 e. The number of carbonyl (C=O) groups is 1. The molecule has 0 atom stereocenters. The van der Waals surface area contributed by atoms with Gasteiger partial charge in [0.1, 0.15) is 10.7 Å². The summed E-state index contributed by atoms with van der Waals surface area (Å²) in [5.41, 5.74) is 0.725. The number of pyridine rings is 1. The summed E-state index contributed by atoms with van der Waals surface area (Å²) >= 11 is 4.66. The normalized spacial score (nSPS) is 10.3. The van der Waals surface area contributed by atoms with Crippen molar-refractivity contribution in [3.8, 4) is 0 Å². The van der Waals surface area contributed by atoms with Crippen LogP contribution in [0.25, 0.3) is 0 Å². The minimum absolute atomic E-state index is 0.0707. The zero-order valence-electron chi connectivity index (χ0n) is 11.2. The van der Waals surface area contributed by atoms with Gasteiger partial charge in [0, 0.05) is 17.2 Å². The van der Waals surface area contributed by atoms with Gasteiger partial charge in [0.15, 0.2) is 5.13 Å². The molecule has 20 heavy (non-hydrogen) atoms. The fourth-order valence-corrected chi connectivity index (χ4v) is 2.66. The van der Waals surface area contributed by atoms with E-state index in [2.05, 4.69) is 36.5 Å². The first-order valence-electron chi connectivity index (χ1n) is 6.24. The Balaban J connectivity index is 2.10. The SMILES string of the molecule is CCCNC(=O)c1sc(Nc2ccc(Br)cn2)nc1C. The van der Waals surface area contributed by atoms with E-state index >= 15 is 0 Å². The lowest BCUT2D eigenvalue weighted by Crippen LogP contribution is -2.23. The Morgan fingerprint density at radius 3 is 2.90 bits per heavy atom. The van der Waals surface area contributed by atoms with E-state index in [0.717, 1.165) is 16.6 Å². The van der Waals surface area contributed by atoms with Crippen molar-refractivity contribution in [1.82, 2.24) is 15.3 Å². The van der Waals surface area contributed by atoms with Crippen LogP contribution in [0.15, 0.2) is 22.8 Å². The third-order valence-corrected chi connectivity index (χ3v) is 4.04. The third-order valence-electron chi connectivity index (χ3n) is 2.50. The molecule has 0 radical (unpaired) electrons. The maximum Gasteiger partial charge on any atom is 0.263 e. The lowest BCUT2D eigenvalue weighted by atomic mass is 10.3. The standard InChI is InChI=1S/C13H15BrN4OS/c1-3-6-15-12(19)11-8(2)17-13(20-11)18-10-5-4-9(14)7-16-10/h4-5,7H,3,6H2,1-2H3,(H,15,19)(H,16,17,18). The summed E-state index contributed by atoms with van der Waals surface area (Å²) in [6, 6.07) is 3.74. The number of aryl methyl sites for hydroxylation is 1. The average Bonchev–Trinajstić information content (AvgIpc) is 2.79. The Bertz CT molecular complexity index is 597. The lowest BCUT2D eigenvalue weighted by molar-refractivity contribution is 0.0957. The van der Waals surface area contributed by atoms with Gasteiger partial charge in [0.25, 0.3) is 5.91 Å². The number of nitrogens with one attached hydrogen (secondary N) is 2. The third kappa shape index (κ3) is 3.77. The maximum absolute atomic E-state index is 11.9. The van der Waals surface area contributed by atoms with Crippen molar-refractivity contribution >= 4 is 44.1 Å². The predicted octanol–water partition coefficient (Wildman–Crippen LogP) is 3.49.